The Morgan fingerprint density at radius 3 is 2.00 bits per heavy atom. The number of hydrogen-bond donors (Lipinski definition) is 1. The van der Waals surface area contributed by atoms with Crippen LogP contribution in [0.15, 0.2) is 23.5 Å². The molecule has 0 aromatic rings. The maximum absolute atomic E-state index is 12.4. The van der Waals surface area contributed by atoms with E-state index in [1.807, 2.05) is 20.8 Å². The Morgan fingerprint density at radius 2 is 1.60 bits per heavy atom. The lowest BCUT2D eigenvalue weighted by Crippen LogP contribution is -2.15. The summed E-state index contributed by atoms with van der Waals surface area (Å²) in [6.45, 7) is 16.5. The summed E-state index contributed by atoms with van der Waals surface area (Å²) < 4.78 is 0. The number of Topliss-reactive ketones (excluding diaryl/α,β-unsaturated/α-hetero) is 1. The Balaban J connectivity index is 5.06. The van der Waals surface area contributed by atoms with Gasteiger partial charge in [-0.1, -0.05) is 54.5 Å². The third kappa shape index (κ3) is 6.40. The normalized spacial score (nSPS) is 14.4. The predicted molar refractivity (Wildman–Crippen MR) is 86.8 cm³/mol. The number of ketones is 1. The van der Waals surface area contributed by atoms with Gasteiger partial charge in [-0.05, 0) is 29.7 Å². The number of carbonyl (C=O) groups is 1. The minimum Gasteiger partial charge on any atom is -0.512 e. The number of rotatable bonds is 9. The first-order chi connectivity index (χ1) is 9.20. The first-order valence-corrected chi connectivity index (χ1v) is 7.85. The third-order valence-corrected chi connectivity index (χ3v) is 3.59. The lowest BCUT2D eigenvalue weighted by Gasteiger charge is -2.20. The van der Waals surface area contributed by atoms with Crippen LogP contribution in [0.2, 0.25) is 0 Å². The van der Waals surface area contributed by atoms with Crippen LogP contribution in [0.4, 0.5) is 0 Å². The monoisotopic (exact) mass is 280 g/mol. The van der Waals surface area contributed by atoms with Gasteiger partial charge in [-0.2, -0.15) is 0 Å². The van der Waals surface area contributed by atoms with Crippen LogP contribution < -0.4 is 0 Å². The fourth-order valence-corrected chi connectivity index (χ4v) is 2.18. The smallest absolute Gasteiger partial charge is 0.166 e. The molecule has 0 heterocycles. The molecule has 116 valence electrons. The van der Waals surface area contributed by atoms with Crippen LogP contribution in [0.3, 0.4) is 0 Å². The summed E-state index contributed by atoms with van der Waals surface area (Å²) in [5.74, 6) is 1.39. The van der Waals surface area contributed by atoms with Crippen molar-refractivity contribution in [1.82, 2.24) is 0 Å². The van der Waals surface area contributed by atoms with E-state index in [1.165, 1.54) is 0 Å². The van der Waals surface area contributed by atoms with Gasteiger partial charge in [-0.25, -0.2) is 0 Å². The molecule has 0 aromatic heterocycles. The predicted octanol–water partition coefficient (Wildman–Crippen LogP) is 5.45. The van der Waals surface area contributed by atoms with Crippen molar-refractivity contribution in [2.75, 3.05) is 0 Å². The molecule has 1 N–H and O–H groups in total. The Bertz CT molecular complexity index is 362. The van der Waals surface area contributed by atoms with Crippen molar-refractivity contribution in [1.29, 1.82) is 0 Å². The van der Waals surface area contributed by atoms with Gasteiger partial charge >= 0.3 is 0 Å². The second-order valence-electron chi connectivity index (χ2n) is 6.59. The van der Waals surface area contributed by atoms with Gasteiger partial charge in [0.05, 0.1) is 5.57 Å². The summed E-state index contributed by atoms with van der Waals surface area (Å²) in [5.41, 5.74) is 1.29. The topological polar surface area (TPSA) is 37.3 Å². The third-order valence-electron chi connectivity index (χ3n) is 3.59. The van der Waals surface area contributed by atoms with Crippen molar-refractivity contribution >= 4 is 5.78 Å². The summed E-state index contributed by atoms with van der Waals surface area (Å²) in [5, 5.41) is 10.1. The summed E-state index contributed by atoms with van der Waals surface area (Å²) >= 11 is 0. The summed E-state index contributed by atoms with van der Waals surface area (Å²) in [7, 11) is 0. The van der Waals surface area contributed by atoms with E-state index in [2.05, 4.69) is 27.4 Å². The maximum atomic E-state index is 12.4. The van der Waals surface area contributed by atoms with Crippen LogP contribution >= 0.6 is 0 Å². The first-order valence-electron chi connectivity index (χ1n) is 7.85. The molecule has 0 spiro atoms. The maximum Gasteiger partial charge on any atom is 0.166 e. The van der Waals surface area contributed by atoms with Crippen LogP contribution in [0.1, 0.15) is 67.2 Å². The van der Waals surface area contributed by atoms with Crippen LogP contribution in [-0.2, 0) is 4.79 Å². The van der Waals surface area contributed by atoms with Crippen LogP contribution in [-0.4, -0.2) is 10.9 Å². The zero-order valence-electron chi connectivity index (χ0n) is 14.1. The molecule has 0 saturated carbocycles. The SMILES string of the molecule is C=C(/C(C(=O)CC(C)C)=C(/O)CC)C(C)CCC(C)C. The van der Waals surface area contributed by atoms with E-state index in [-0.39, 0.29) is 17.5 Å². The van der Waals surface area contributed by atoms with E-state index in [1.54, 1.807) is 0 Å². The largest absolute Gasteiger partial charge is 0.512 e. The Morgan fingerprint density at radius 1 is 1.05 bits per heavy atom. The van der Waals surface area contributed by atoms with E-state index >= 15 is 0 Å². The minimum atomic E-state index is 0.0285. The molecule has 1 atom stereocenters. The van der Waals surface area contributed by atoms with Crippen molar-refractivity contribution in [2.24, 2.45) is 17.8 Å². The van der Waals surface area contributed by atoms with E-state index in [0.717, 1.165) is 18.4 Å². The van der Waals surface area contributed by atoms with Crippen molar-refractivity contribution in [3.63, 3.8) is 0 Å². The number of aliphatic hydroxyl groups excluding tert-OH is 1. The molecule has 0 saturated heterocycles. The number of allylic oxidation sites excluding steroid dienone is 3. The van der Waals surface area contributed by atoms with Gasteiger partial charge in [-0.15, -0.1) is 0 Å². The number of hydrogen-bond acceptors (Lipinski definition) is 2. The number of carbonyl (C=O) groups excluding carboxylic acids is 1. The Labute approximate surface area is 125 Å². The average molecular weight is 280 g/mol. The lowest BCUT2D eigenvalue weighted by atomic mass is 9.85. The van der Waals surface area contributed by atoms with E-state index in [0.29, 0.717) is 30.3 Å². The van der Waals surface area contributed by atoms with Gasteiger partial charge < -0.3 is 5.11 Å². The molecule has 2 heteroatoms. The summed E-state index contributed by atoms with van der Waals surface area (Å²) in [6.07, 6.45) is 3.06. The Kier molecular flexibility index (Phi) is 8.52. The van der Waals surface area contributed by atoms with Crippen LogP contribution in [0.25, 0.3) is 0 Å². The minimum absolute atomic E-state index is 0.0285. The molecule has 1 unspecified atom stereocenters. The number of aliphatic hydroxyl groups is 1. The van der Waals surface area contributed by atoms with Gasteiger partial charge in [0.15, 0.2) is 5.78 Å². The molecular weight excluding hydrogens is 248 g/mol. The zero-order chi connectivity index (χ0) is 15.9. The molecule has 0 radical (unpaired) electrons. The quantitative estimate of drug-likeness (QED) is 0.346. The fourth-order valence-electron chi connectivity index (χ4n) is 2.18. The lowest BCUT2D eigenvalue weighted by molar-refractivity contribution is -0.116. The van der Waals surface area contributed by atoms with Crippen molar-refractivity contribution in [3.8, 4) is 0 Å². The highest BCUT2D eigenvalue weighted by molar-refractivity contribution is 6.00. The molecule has 0 rings (SSSR count). The average Bonchev–Trinajstić information content (AvgIpc) is 2.34. The highest BCUT2D eigenvalue weighted by atomic mass is 16.3. The molecule has 0 aliphatic carbocycles. The molecule has 0 fully saturated rings. The molecule has 0 bridgehead atoms. The van der Waals surface area contributed by atoms with Gasteiger partial charge in [-0.3, -0.25) is 4.79 Å². The standard InChI is InChI=1S/C18H32O2/c1-8-16(19)18(17(20)11-13(4)5)15(7)14(6)10-9-12(2)3/h12-14,19H,7-11H2,1-6H3/b18-16-. The molecule has 20 heavy (non-hydrogen) atoms. The second kappa shape index (κ2) is 8.99. The fraction of sp³-hybridized carbons (Fsp3) is 0.722. The van der Waals surface area contributed by atoms with E-state index in [9.17, 15) is 9.90 Å². The van der Waals surface area contributed by atoms with E-state index < -0.39 is 0 Å². The molecule has 0 amide bonds. The molecule has 0 aliphatic rings. The highest BCUT2D eigenvalue weighted by Gasteiger charge is 2.22. The van der Waals surface area contributed by atoms with Crippen molar-refractivity contribution in [3.05, 3.63) is 23.5 Å². The molecule has 0 aliphatic heterocycles. The highest BCUT2D eigenvalue weighted by Crippen LogP contribution is 2.28. The second-order valence-corrected chi connectivity index (χ2v) is 6.59. The van der Waals surface area contributed by atoms with Crippen molar-refractivity contribution in [2.45, 2.75) is 67.2 Å². The van der Waals surface area contributed by atoms with Crippen LogP contribution in [0, 0.1) is 17.8 Å². The summed E-state index contributed by atoms with van der Waals surface area (Å²) in [6, 6.07) is 0. The zero-order valence-corrected chi connectivity index (χ0v) is 14.1. The molecule has 0 aromatic carbocycles. The van der Waals surface area contributed by atoms with Gasteiger partial charge in [0.25, 0.3) is 0 Å². The van der Waals surface area contributed by atoms with Gasteiger partial charge in [0.2, 0.25) is 0 Å². The molecule has 2 nitrogen and oxygen atoms in total. The van der Waals surface area contributed by atoms with E-state index in [4.69, 9.17) is 0 Å². The summed E-state index contributed by atoms with van der Waals surface area (Å²) in [4.78, 5) is 12.4. The Hall–Kier alpha value is -1.05. The van der Waals surface area contributed by atoms with Gasteiger partial charge in [0.1, 0.15) is 5.76 Å². The first kappa shape index (κ1) is 18.9. The van der Waals surface area contributed by atoms with Crippen molar-refractivity contribution < 1.29 is 9.90 Å². The molecular formula is C18H32O2. The van der Waals surface area contributed by atoms with Crippen LogP contribution in [0.5, 0.6) is 0 Å². The van der Waals surface area contributed by atoms with Gasteiger partial charge in [0, 0.05) is 12.8 Å².